The van der Waals surface area contributed by atoms with E-state index in [2.05, 4.69) is 30.9 Å². The first-order valence-corrected chi connectivity index (χ1v) is 10.7. The van der Waals surface area contributed by atoms with Gasteiger partial charge in [-0.3, -0.25) is 9.78 Å². The molecule has 11 heteroatoms. The summed E-state index contributed by atoms with van der Waals surface area (Å²) < 4.78 is 53.3. The first kappa shape index (κ1) is 22.6. The number of aromatic nitrogens is 5. The second-order valence-corrected chi connectivity index (χ2v) is 8.46. The molecule has 1 fully saturated rings. The fraction of sp³-hybridized carbons (Fsp3) is 0.208. The number of hydrogen-bond donors (Lipinski definition) is 2. The molecule has 1 aliphatic rings. The number of nitrogens with zero attached hydrogens (tertiary/aromatic N) is 4. The second kappa shape index (κ2) is 8.26. The standard InChI is InChI=1S/C24H18F4N6O/c1-13-2-6-18(19(25)10-13)23(8-9-23)22(35)30-15-4-5-16(17(11-15)21-31-33-34-32-21)14-3-7-20(29-12-14)24(26,27)28/h2-7,10-12H,8-9H2,1H3,(H,30,35)(H,31,32,33,34). The summed E-state index contributed by atoms with van der Waals surface area (Å²) >= 11 is 0. The molecule has 1 amide bonds. The molecule has 1 aliphatic carbocycles. The fourth-order valence-corrected chi connectivity index (χ4v) is 4.07. The molecule has 2 N–H and O–H groups in total. The van der Waals surface area contributed by atoms with Gasteiger partial charge in [-0.05, 0) is 65.6 Å². The lowest BCUT2D eigenvalue weighted by molar-refractivity contribution is -0.141. The minimum Gasteiger partial charge on any atom is -0.325 e. The lowest BCUT2D eigenvalue weighted by atomic mass is 9.93. The van der Waals surface area contributed by atoms with Crippen LogP contribution >= 0.6 is 0 Å². The normalized spacial score (nSPS) is 14.5. The molecule has 4 aromatic rings. The highest BCUT2D eigenvalue weighted by Gasteiger charge is 2.52. The number of carbonyl (C=O) groups excluding carboxylic acids is 1. The van der Waals surface area contributed by atoms with Crippen LogP contribution in [-0.4, -0.2) is 31.5 Å². The summed E-state index contributed by atoms with van der Waals surface area (Å²) in [5.41, 5.74) is 0.933. The van der Waals surface area contributed by atoms with Crippen LogP contribution in [-0.2, 0) is 16.4 Å². The minimum absolute atomic E-state index is 0.252. The number of H-pyrrole nitrogens is 1. The Morgan fingerprint density at radius 1 is 1.06 bits per heavy atom. The van der Waals surface area contributed by atoms with Crippen LogP contribution in [0.3, 0.4) is 0 Å². The van der Waals surface area contributed by atoms with Crippen molar-refractivity contribution in [3.63, 3.8) is 0 Å². The van der Waals surface area contributed by atoms with Crippen LogP contribution in [0.15, 0.2) is 54.7 Å². The lowest BCUT2D eigenvalue weighted by Gasteiger charge is -2.18. The van der Waals surface area contributed by atoms with Crippen molar-refractivity contribution in [2.45, 2.75) is 31.4 Å². The Hall–Kier alpha value is -4.15. The van der Waals surface area contributed by atoms with Crippen LogP contribution in [0.5, 0.6) is 0 Å². The van der Waals surface area contributed by atoms with E-state index in [0.29, 0.717) is 40.8 Å². The molecule has 7 nitrogen and oxygen atoms in total. The van der Waals surface area contributed by atoms with E-state index in [9.17, 15) is 22.4 Å². The molecule has 2 heterocycles. The molecule has 2 aromatic heterocycles. The van der Waals surface area contributed by atoms with Gasteiger partial charge in [-0.25, -0.2) is 9.49 Å². The SMILES string of the molecule is Cc1ccc(C2(C(=O)Nc3ccc(-c4ccc(C(F)(F)F)nc4)c(-c4nnn[nH]4)c3)CC2)c(F)c1. The van der Waals surface area contributed by atoms with Gasteiger partial charge >= 0.3 is 6.18 Å². The molecule has 5 rings (SSSR count). The predicted octanol–water partition coefficient (Wildman–Crippen LogP) is 5.07. The van der Waals surface area contributed by atoms with Crippen molar-refractivity contribution in [2.24, 2.45) is 0 Å². The molecular formula is C24H18F4N6O. The molecule has 0 saturated heterocycles. The van der Waals surface area contributed by atoms with E-state index in [1.807, 2.05) is 0 Å². The Bertz CT molecular complexity index is 1400. The van der Waals surface area contributed by atoms with Crippen molar-refractivity contribution in [3.05, 3.63) is 77.4 Å². The monoisotopic (exact) mass is 482 g/mol. The molecule has 2 aromatic carbocycles. The molecule has 0 aliphatic heterocycles. The Balaban J connectivity index is 1.48. The molecule has 178 valence electrons. The summed E-state index contributed by atoms with van der Waals surface area (Å²) in [6.45, 7) is 1.78. The third-order valence-corrected chi connectivity index (χ3v) is 6.07. The summed E-state index contributed by atoms with van der Waals surface area (Å²) in [5.74, 6) is -0.510. The van der Waals surface area contributed by atoms with Crippen LogP contribution in [0.4, 0.5) is 23.2 Å². The van der Waals surface area contributed by atoms with Gasteiger partial charge in [-0.1, -0.05) is 24.3 Å². The maximum Gasteiger partial charge on any atom is 0.433 e. The average molecular weight is 482 g/mol. The minimum atomic E-state index is -4.56. The number of carbonyl (C=O) groups is 1. The molecule has 0 radical (unpaired) electrons. The number of aromatic amines is 1. The highest BCUT2D eigenvalue weighted by molar-refractivity contribution is 6.02. The van der Waals surface area contributed by atoms with Crippen molar-refractivity contribution >= 4 is 11.6 Å². The summed E-state index contributed by atoms with van der Waals surface area (Å²) in [6, 6.07) is 11.9. The third-order valence-electron chi connectivity index (χ3n) is 6.07. The zero-order valence-corrected chi connectivity index (χ0v) is 18.3. The molecule has 1 saturated carbocycles. The number of amides is 1. The van der Waals surface area contributed by atoms with E-state index in [1.54, 1.807) is 37.3 Å². The van der Waals surface area contributed by atoms with Crippen molar-refractivity contribution in [1.29, 1.82) is 0 Å². The molecule has 0 unspecified atom stereocenters. The van der Waals surface area contributed by atoms with Crippen molar-refractivity contribution in [1.82, 2.24) is 25.6 Å². The molecular weight excluding hydrogens is 464 g/mol. The molecule has 0 bridgehead atoms. The Kier molecular flexibility index (Phi) is 5.34. The van der Waals surface area contributed by atoms with E-state index in [1.165, 1.54) is 12.1 Å². The Labute approximate surface area is 196 Å². The Morgan fingerprint density at radius 2 is 1.86 bits per heavy atom. The first-order valence-electron chi connectivity index (χ1n) is 10.7. The zero-order chi connectivity index (χ0) is 24.8. The highest BCUT2D eigenvalue weighted by atomic mass is 19.4. The van der Waals surface area contributed by atoms with Gasteiger partial charge in [0.15, 0.2) is 5.82 Å². The van der Waals surface area contributed by atoms with Gasteiger partial charge in [0.2, 0.25) is 5.91 Å². The van der Waals surface area contributed by atoms with E-state index in [-0.39, 0.29) is 11.7 Å². The van der Waals surface area contributed by atoms with E-state index >= 15 is 0 Å². The highest BCUT2D eigenvalue weighted by Crippen LogP contribution is 2.50. The van der Waals surface area contributed by atoms with Crippen LogP contribution in [0.1, 0.15) is 29.7 Å². The van der Waals surface area contributed by atoms with Gasteiger partial charge < -0.3 is 5.32 Å². The molecule has 0 atom stereocenters. The summed E-state index contributed by atoms with van der Waals surface area (Å²) in [7, 11) is 0. The van der Waals surface area contributed by atoms with E-state index < -0.39 is 23.1 Å². The maximum absolute atomic E-state index is 14.6. The van der Waals surface area contributed by atoms with Gasteiger partial charge in [0.25, 0.3) is 0 Å². The van der Waals surface area contributed by atoms with Gasteiger partial charge in [0.05, 0.1) is 5.41 Å². The number of alkyl halides is 3. The number of benzene rings is 2. The van der Waals surface area contributed by atoms with Crippen LogP contribution in [0.2, 0.25) is 0 Å². The second-order valence-electron chi connectivity index (χ2n) is 8.46. The van der Waals surface area contributed by atoms with Crippen LogP contribution in [0, 0.1) is 12.7 Å². The third kappa shape index (κ3) is 4.25. The van der Waals surface area contributed by atoms with Crippen molar-refractivity contribution in [3.8, 4) is 22.5 Å². The predicted molar refractivity (Wildman–Crippen MR) is 119 cm³/mol. The first-order chi connectivity index (χ1) is 16.7. The van der Waals surface area contributed by atoms with Crippen molar-refractivity contribution in [2.75, 3.05) is 5.32 Å². The number of hydrogen-bond acceptors (Lipinski definition) is 5. The Morgan fingerprint density at radius 3 is 2.46 bits per heavy atom. The number of rotatable bonds is 5. The fourth-order valence-electron chi connectivity index (χ4n) is 4.07. The van der Waals surface area contributed by atoms with Crippen LogP contribution in [0.25, 0.3) is 22.5 Å². The number of pyridine rings is 1. The maximum atomic E-state index is 14.6. The average Bonchev–Trinajstić information content (AvgIpc) is 3.43. The summed E-state index contributed by atoms with van der Waals surface area (Å²) in [4.78, 5) is 16.7. The van der Waals surface area contributed by atoms with E-state index in [0.717, 1.165) is 17.8 Å². The van der Waals surface area contributed by atoms with Gasteiger partial charge in [-0.15, -0.1) is 5.10 Å². The zero-order valence-electron chi connectivity index (χ0n) is 18.3. The summed E-state index contributed by atoms with van der Waals surface area (Å²) in [6.07, 6.45) is -2.40. The van der Waals surface area contributed by atoms with Gasteiger partial charge in [0.1, 0.15) is 11.5 Å². The summed E-state index contributed by atoms with van der Waals surface area (Å²) in [5, 5.41) is 16.5. The van der Waals surface area contributed by atoms with Crippen molar-refractivity contribution < 1.29 is 22.4 Å². The lowest BCUT2D eigenvalue weighted by Crippen LogP contribution is -2.28. The number of aryl methyl sites for hydroxylation is 1. The topological polar surface area (TPSA) is 96.5 Å². The largest absolute Gasteiger partial charge is 0.433 e. The number of halogens is 4. The molecule has 0 spiro atoms. The van der Waals surface area contributed by atoms with Gasteiger partial charge in [0, 0.05) is 28.6 Å². The van der Waals surface area contributed by atoms with Gasteiger partial charge in [-0.2, -0.15) is 13.2 Å². The number of nitrogens with one attached hydrogen (secondary N) is 2. The number of tetrazole rings is 1. The smallest absolute Gasteiger partial charge is 0.325 e. The quantitative estimate of drug-likeness (QED) is 0.388. The number of anilines is 1. The molecule has 35 heavy (non-hydrogen) atoms. The van der Waals surface area contributed by atoms with Crippen LogP contribution < -0.4 is 5.32 Å². The van der Waals surface area contributed by atoms with E-state index in [4.69, 9.17) is 0 Å².